The van der Waals surface area contributed by atoms with Crippen molar-refractivity contribution < 1.29 is 9.53 Å². The predicted molar refractivity (Wildman–Crippen MR) is 49.3 cm³/mol. The molecule has 5 heteroatoms. The van der Waals surface area contributed by atoms with Crippen molar-refractivity contribution in [2.24, 2.45) is 5.73 Å². The Labute approximate surface area is 81.8 Å². The van der Waals surface area contributed by atoms with E-state index in [2.05, 4.69) is 10.1 Å². The second kappa shape index (κ2) is 3.83. The van der Waals surface area contributed by atoms with E-state index in [1.54, 1.807) is 6.92 Å². The molecule has 0 fully saturated rings. The Morgan fingerprint density at radius 1 is 1.71 bits per heavy atom. The number of nitrogens with zero attached hydrogens (tertiary/aromatic N) is 1. The highest BCUT2D eigenvalue weighted by Gasteiger charge is 2.21. The number of esters is 1. The molecule has 14 heavy (non-hydrogen) atoms. The predicted octanol–water partition coefficient (Wildman–Crippen LogP) is 0.121. The molecule has 0 radical (unpaired) electrons. The van der Waals surface area contributed by atoms with Crippen LogP contribution >= 0.6 is 0 Å². The fourth-order valence-corrected chi connectivity index (χ4v) is 1.21. The van der Waals surface area contributed by atoms with Crippen molar-refractivity contribution in [1.82, 2.24) is 5.32 Å². The number of nitriles is 1. The number of hydrogen-bond acceptors (Lipinski definition) is 5. The van der Waals surface area contributed by atoms with Gasteiger partial charge in [0.1, 0.15) is 5.82 Å². The topological polar surface area (TPSA) is 88.1 Å². The van der Waals surface area contributed by atoms with Gasteiger partial charge in [0, 0.05) is 12.1 Å². The summed E-state index contributed by atoms with van der Waals surface area (Å²) in [5.74, 6) is -0.132. The van der Waals surface area contributed by atoms with Gasteiger partial charge in [-0.25, -0.2) is 4.79 Å². The molecule has 74 valence electrons. The Morgan fingerprint density at radius 2 is 2.36 bits per heavy atom. The van der Waals surface area contributed by atoms with Crippen LogP contribution in [0.25, 0.3) is 0 Å². The normalized spacial score (nSPS) is 16.1. The zero-order valence-corrected chi connectivity index (χ0v) is 8.05. The summed E-state index contributed by atoms with van der Waals surface area (Å²) in [7, 11) is 1.30. The first kappa shape index (κ1) is 10.1. The van der Waals surface area contributed by atoms with Crippen molar-refractivity contribution >= 4 is 5.97 Å². The lowest BCUT2D eigenvalue weighted by Crippen LogP contribution is -2.27. The van der Waals surface area contributed by atoms with Crippen molar-refractivity contribution in [2.75, 3.05) is 7.11 Å². The molecule has 1 rings (SSSR count). The summed E-state index contributed by atoms with van der Waals surface area (Å²) in [5, 5.41) is 11.5. The number of nitrogens with one attached hydrogen (secondary N) is 1. The molecule has 0 unspecified atom stereocenters. The summed E-state index contributed by atoms with van der Waals surface area (Å²) in [5.41, 5.74) is 6.98. The molecule has 5 nitrogen and oxygen atoms in total. The quantitative estimate of drug-likeness (QED) is 0.577. The monoisotopic (exact) mass is 193 g/mol. The van der Waals surface area contributed by atoms with Crippen LogP contribution in [0.2, 0.25) is 0 Å². The highest BCUT2D eigenvalue weighted by molar-refractivity contribution is 5.90. The average Bonchev–Trinajstić information content (AvgIpc) is 2.17. The fraction of sp³-hybridized carbons (Fsp3) is 0.333. The van der Waals surface area contributed by atoms with Gasteiger partial charge in [0.05, 0.1) is 24.3 Å². The van der Waals surface area contributed by atoms with Gasteiger partial charge < -0.3 is 15.8 Å². The van der Waals surface area contributed by atoms with E-state index in [9.17, 15) is 4.79 Å². The summed E-state index contributed by atoms with van der Waals surface area (Å²) in [6, 6.07) is 1.93. The minimum Gasteiger partial charge on any atom is -0.466 e. The van der Waals surface area contributed by atoms with Gasteiger partial charge in [-0.1, -0.05) is 0 Å². The number of ether oxygens (including phenoxy) is 1. The third-order valence-electron chi connectivity index (χ3n) is 2.02. The second-order valence-electron chi connectivity index (χ2n) is 2.90. The van der Waals surface area contributed by atoms with Gasteiger partial charge in [-0.2, -0.15) is 5.26 Å². The Morgan fingerprint density at radius 3 is 2.86 bits per heavy atom. The van der Waals surface area contributed by atoms with Gasteiger partial charge in [-0.3, -0.25) is 0 Å². The van der Waals surface area contributed by atoms with E-state index in [-0.39, 0.29) is 6.42 Å². The molecule has 0 aromatic heterocycles. The smallest absolute Gasteiger partial charge is 0.335 e. The van der Waals surface area contributed by atoms with Crippen LogP contribution < -0.4 is 11.1 Å². The molecule has 0 bridgehead atoms. The molecule has 0 amide bonds. The molecule has 0 aromatic carbocycles. The molecule has 1 aliphatic heterocycles. The van der Waals surface area contributed by atoms with Crippen LogP contribution in [0.3, 0.4) is 0 Å². The molecular formula is C9H11N3O2. The van der Waals surface area contributed by atoms with E-state index in [1.165, 1.54) is 7.11 Å². The first-order valence-corrected chi connectivity index (χ1v) is 4.04. The van der Waals surface area contributed by atoms with Crippen LogP contribution in [0, 0.1) is 11.3 Å². The molecule has 0 saturated heterocycles. The minimum absolute atomic E-state index is 0.230. The van der Waals surface area contributed by atoms with Crippen LogP contribution in [0.15, 0.2) is 22.7 Å². The lowest BCUT2D eigenvalue weighted by Gasteiger charge is -2.18. The summed E-state index contributed by atoms with van der Waals surface area (Å²) < 4.78 is 4.58. The SMILES string of the molecule is COC(=O)C1=C(C)NC(N)=C(C#N)C1. The minimum atomic E-state index is -0.435. The number of rotatable bonds is 1. The van der Waals surface area contributed by atoms with E-state index >= 15 is 0 Å². The van der Waals surface area contributed by atoms with Gasteiger partial charge >= 0.3 is 5.97 Å². The summed E-state index contributed by atoms with van der Waals surface area (Å²) in [6.07, 6.45) is 0.230. The molecule has 0 saturated carbocycles. The van der Waals surface area contributed by atoms with Crippen LogP contribution in [0.1, 0.15) is 13.3 Å². The zero-order valence-electron chi connectivity index (χ0n) is 8.05. The number of nitrogens with two attached hydrogens (primary N) is 1. The maximum atomic E-state index is 11.3. The van der Waals surface area contributed by atoms with Crippen LogP contribution in [0.4, 0.5) is 0 Å². The van der Waals surface area contributed by atoms with Crippen molar-refractivity contribution in [2.45, 2.75) is 13.3 Å². The molecule has 0 spiro atoms. The largest absolute Gasteiger partial charge is 0.466 e. The van der Waals surface area contributed by atoms with Crippen molar-refractivity contribution in [3.8, 4) is 6.07 Å². The Kier molecular flexibility index (Phi) is 2.77. The number of dihydropyridines is 1. The van der Waals surface area contributed by atoms with Crippen LogP contribution in [0.5, 0.6) is 0 Å². The standard InChI is InChI=1S/C9H11N3O2/c1-5-7(9(13)14-2)3-6(4-10)8(11)12-5/h12H,3,11H2,1-2H3. The Balaban J connectivity index is 2.97. The molecule has 3 N–H and O–H groups in total. The Hall–Kier alpha value is -1.96. The van der Waals surface area contributed by atoms with Crippen molar-refractivity contribution in [1.29, 1.82) is 5.26 Å². The molecule has 1 aliphatic rings. The molecule has 0 aliphatic carbocycles. The summed E-state index contributed by atoms with van der Waals surface area (Å²) >= 11 is 0. The van der Waals surface area contributed by atoms with Gasteiger partial charge in [0.2, 0.25) is 0 Å². The van der Waals surface area contributed by atoms with E-state index in [1.807, 2.05) is 6.07 Å². The van der Waals surface area contributed by atoms with Gasteiger partial charge in [0.15, 0.2) is 0 Å². The van der Waals surface area contributed by atoms with Crippen LogP contribution in [-0.2, 0) is 9.53 Å². The second-order valence-corrected chi connectivity index (χ2v) is 2.90. The first-order chi connectivity index (χ1) is 6.60. The molecule has 1 heterocycles. The lowest BCUT2D eigenvalue weighted by atomic mass is 10.0. The van der Waals surface area contributed by atoms with E-state index in [0.717, 1.165) is 0 Å². The molecule has 0 aromatic rings. The maximum absolute atomic E-state index is 11.3. The Bertz CT molecular complexity index is 374. The van der Waals surface area contributed by atoms with E-state index in [0.29, 0.717) is 22.7 Å². The number of carbonyl (C=O) groups is 1. The fourth-order valence-electron chi connectivity index (χ4n) is 1.21. The number of allylic oxidation sites excluding steroid dienone is 2. The molecular weight excluding hydrogens is 182 g/mol. The van der Waals surface area contributed by atoms with Gasteiger partial charge in [-0.15, -0.1) is 0 Å². The lowest BCUT2D eigenvalue weighted by molar-refractivity contribution is -0.136. The van der Waals surface area contributed by atoms with Gasteiger partial charge in [0.25, 0.3) is 0 Å². The summed E-state index contributed by atoms with van der Waals surface area (Å²) in [6.45, 7) is 1.72. The van der Waals surface area contributed by atoms with E-state index in [4.69, 9.17) is 11.0 Å². The first-order valence-electron chi connectivity index (χ1n) is 4.04. The zero-order chi connectivity index (χ0) is 10.7. The van der Waals surface area contributed by atoms with Crippen LogP contribution in [-0.4, -0.2) is 13.1 Å². The van der Waals surface area contributed by atoms with Crippen molar-refractivity contribution in [3.05, 3.63) is 22.7 Å². The number of methoxy groups -OCH3 is 1. The number of hydrogen-bond donors (Lipinski definition) is 2. The highest BCUT2D eigenvalue weighted by atomic mass is 16.5. The van der Waals surface area contributed by atoms with E-state index < -0.39 is 5.97 Å². The maximum Gasteiger partial charge on any atom is 0.335 e. The highest BCUT2D eigenvalue weighted by Crippen LogP contribution is 2.20. The third kappa shape index (κ3) is 1.69. The average molecular weight is 193 g/mol. The number of carbonyl (C=O) groups excluding carboxylic acids is 1. The van der Waals surface area contributed by atoms with Gasteiger partial charge in [-0.05, 0) is 6.92 Å². The summed E-state index contributed by atoms with van der Waals surface area (Å²) in [4.78, 5) is 11.3. The molecule has 0 atom stereocenters. The van der Waals surface area contributed by atoms with Crippen molar-refractivity contribution in [3.63, 3.8) is 0 Å². The third-order valence-corrected chi connectivity index (χ3v) is 2.02.